The van der Waals surface area contributed by atoms with Gasteiger partial charge in [0, 0.05) is 42.7 Å². The second kappa shape index (κ2) is 11.7. The Balaban J connectivity index is 1.07. The summed E-state index contributed by atoms with van der Waals surface area (Å²) in [4.78, 5) is 41.4. The number of nitrogens with one attached hydrogen (secondary N) is 2. The number of carbonyl (C=O) groups excluding carboxylic acids is 3. The molecule has 12 atom stereocenters. The van der Waals surface area contributed by atoms with E-state index in [1.807, 2.05) is 14.1 Å². The highest BCUT2D eigenvalue weighted by atomic mass is 16.7. The van der Waals surface area contributed by atoms with Crippen molar-refractivity contribution in [3.8, 4) is 0 Å². The SMILES string of the molecule is C[C@@H]1CC[C@@]2(OC1)O[C@H]1C[C@H]3[C@@H]4CC[C@H]5C[C@@H](NC(=O)CC(=O)NCCCN(C)C)CC[C@]5(C)[C@H]4CC(=O)[C@]3(C)[C@H]1[C@@H]2C. The number of Topliss-reactive ketones (excluding diaryl/α,β-unsaturated/α-hetero) is 1. The number of rotatable bonds is 7. The molecule has 0 aromatic rings. The number of ketones is 1. The summed E-state index contributed by atoms with van der Waals surface area (Å²) in [6.07, 6.45) is 9.90. The predicted molar refractivity (Wildman–Crippen MR) is 165 cm³/mol. The molecule has 43 heavy (non-hydrogen) atoms. The third-order valence-electron chi connectivity index (χ3n) is 13.6. The van der Waals surface area contributed by atoms with Crippen LogP contribution in [0.4, 0.5) is 0 Å². The standard InChI is InChI=1S/C35H57N3O5/c1-21-10-13-35(42-20-21)22(2)32-28(43-35)17-27-25-9-8-23-16-24(37-31(41)19-30(40)36-14-7-15-38(5)6)11-12-33(23,3)26(25)18-29(39)34(27,32)4/h21-28,32H,7-20H2,1-6H3,(H,36,40)(H,37,41)/t21-,22+,23+,24+,25-,26+,27+,28+,32+,33+,34-,35-/m1/s1. The van der Waals surface area contributed by atoms with Crippen molar-refractivity contribution in [2.75, 3.05) is 33.8 Å². The van der Waals surface area contributed by atoms with E-state index in [1.165, 1.54) is 6.42 Å². The van der Waals surface area contributed by atoms with E-state index in [9.17, 15) is 14.4 Å². The summed E-state index contributed by atoms with van der Waals surface area (Å²) in [5.74, 6) is 2.55. The average molecular weight is 600 g/mol. The first-order valence-corrected chi connectivity index (χ1v) is 17.4. The number of ether oxygens (including phenoxy) is 2. The average Bonchev–Trinajstić information content (AvgIpc) is 3.40. The van der Waals surface area contributed by atoms with Crippen molar-refractivity contribution in [2.24, 2.45) is 52.3 Å². The minimum atomic E-state index is -0.494. The van der Waals surface area contributed by atoms with Gasteiger partial charge in [-0.2, -0.15) is 0 Å². The van der Waals surface area contributed by atoms with Crippen LogP contribution in [0.1, 0.15) is 98.3 Å². The molecule has 2 aliphatic heterocycles. The third-order valence-corrected chi connectivity index (χ3v) is 13.6. The molecular weight excluding hydrogens is 542 g/mol. The van der Waals surface area contributed by atoms with Crippen LogP contribution in [0.3, 0.4) is 0 Å². The summed E-state index contributed by atoms with van der Waals surface area (Å²) < 4.78 is 13.3. The van der Waals surface area contributed by atoms with Crippen molar-refractivity contribution in [2.45, 2.75) is 116 Å². The monoisotopic (exact) mass is 599 g/mol. The molecule has 4 aliphatic carbocycles. The van der Waals surface area contributed by atoms with Gasteiger partial charge in [-0.05, 0) is 107 Å². The van der Waals surface area contributed by atoms with Crippen molar-refractivity contribution in [3.63, 3.8) is 0 Å². The Bertz CT molecular complexity index is 1090. The molecule has 0 unspecified atom stereocenters. The van der Waals surface area contributed by atoms with Gasteiger partial charge in [-0.1, -0.05) is 27.7 Å². The Morgan fingerprint density at radius 3 is 2.51 bits per heavy atom. The van der Waals surface area contributed by atoms with Gasteiger partial charge >= 0.3 is 0 Å². The summed E-state index contributed by atoms with van der Waals surface area (Å²) in [5, 5.41) is 6.07. The molecule has 2 amide bonds. The molecule has 2 N–H and O–H groups in total. The van der Waals surface area contributed by atoms with Crippen molar-refractivity contribution in [1.82, 2.24) is 15.5 Å². The maximum absolute atomic E-state index is 14.3. The van der Waals surface area contributed by atoms with Gasteiger partial charge in [0.1, 0.15) is 12.2 Å². The van der Waals surface area contributed by atoms with E-state index in [0.29, 0.717) is 48.3 Å². The van der Waals surface area contributed by atoms with Gasteiger partial charge in [-0.25, -0.2) is 0 Å². The van der Waals surface area contributed by atoms with E-state index in [-0.39, 0.29) is 53.0 Å². The molecule has 4 saturated carbocycles. The molecule has 6 fully saturated rings. The first kappa shape index (κ1) is 31.5. The Labute approximate surface area is 259 Å². The molecule has 0 radical (unpaired) electrons. The Morgan fingerprint density at radius 2 is 1.79 bits per heavy atom. The Hall–Kier alpha value is -1.51. The number of hydrogen-bond acceptors (Lipinski definition) is 6. The molecule has 0 aromatic heterocycles. The quantitative estimate of drug-likeness (QED) is 0.329. The van der Waals surface area contributed by atoms with Crippen LogP contribution in [0.2, 0.25) is 0 Å². The molecule has 6 rings (SSSR count). The van der Waals surface area contributed by atoms with Gasteiger partial charge in [-0.15, -0.1) is 0 Å². The highest BCUT2D eigenvalue weighted by molar-refractivity contribution is 5.97. The van der Waals surface area contributed by atoms with Crippen LogP contribution in [0.5, 0.6) is 0 Å². The Kier molecular flexibility index (Phi) is 8.56. The maximum Gasteiger partial charge on any atom is 0.229 e. The molecule has 1 spiro atoms. The van der Waals surface area contributed by atoms with Gasteiger partial charge in [-0.3, -0.25) is 14.4 Å². The molecule has 8 nitrogen and oxygen atoms in total. The highest BCUT2D eigenvalue weighted by Gasteiger charge is 2.71. The van der Waals surface area contributed by atoms with Crippen LogP contribution in [0, 0.1) is 52.3 Å². The number of amides is 2. The van der Waals surface area contributed by atoms with E-state index in [0.717, 1.165) is 64.5 Å². The summed E-state index contributed by atoms with van der Waals surface area (Å²) in [5.41, 5.74) is -0.193. The summed E-state index contributed by atoms with van der Waals surface area (Å²) in [7, 11) is 4.02. The van der Waals surface area contributed by atoms with E-state index < -0.39 is 5.79 Å². The molecule has 242 valence electrons. The predicted octanol–water partition coefficient (Wildman–Crippen LogP) is 4.55. The zero-order valence-corrected chi connectivity index (χ0v) is 27.6. The van der Waals surface area contributed by atoms with Crippen LogP contribution < -0.4 is 10.6 Å². The van der Waals surface area contributed by atoms with Gasteiger partial charge in [0.15, 0.2) is 5.79 Å². The maximum atomic E-state index is 14.3. The van der Waals surface area contributed by atoms with Crippen LogP contribution in [0.15, 0.2) is 0 Å². The van der Waals surface area contributed by atoms with Gasteiger partial charge in [0.05, 0.1) is 12.7 Å². The highest BCUT2D eigenvalue weighted by Crippen LogP contribution is 2.70. The first-order chi connectivity index (χ1) is 20.4. The molecule has 2 heterocycles. The molecule has 6 aliphatic rings. The zero-order valence-electron chi connectivity index (χ0n) is 27.6. The minimum Gasteiger partial charge on any atom is -0.356 e. The lowest BCUT2D eigenvalue weighted by molar-refractivity contribution is -0.272. The molecule has 2 saturated heterocycles. The van der Waals surface area contributed by atoms with E-state index in [2.05, 4.69) is 43.2 Å². The van der Waals surface area contributed by atoms with E-state index in [1.54, 1.807) is 0 Å². The van der Waals surface area contributed by atoms with Gasteiger partial charge < -0.3 is 25.0 Å². The van der Waals surface area contributed by atoms with Gasteiger partial charge in [0.25, 0.3) is 0 Å². The van der Waals surface area contributed by atoms with Gasteiger partial charge in [0.2, 0.25) is 11.8 Å². The fraction of sp³-hybridized carbons (Fsp3) is 0.914. The van der Waals surface area contributed by atoms with Crippen LogP contribution in [0.25, 0.3) is 0 Å². The normalized spacial score (nSPS) is 47.0. The second-order valence-electron chi connectivity index (χ2n) is 16.3. The van der Waals surface area contributed by atoms with Crippen molar-refractivity contribution < 1.29 is 23.9 Å². The Morgan fingerprint density at radius 1 is 1.00 bits per heavy atom. The summed E-state index contributed by atoms with van der Waals surface area (Å²) in [6.45, 7) is 11.6. The number of fused-ring (bicyclic) bond motifs is 7. The molecule has 0 bridgehead atoms. The second-order valence-corrected chi connectivity index (χ2v) is 16.3. The molecular formula is C35H57N3O5. The number of carbonyl (C=O) groups is 3. The lowest BCUT2D eigenvalue weighted by atomic mass is 9.44. The largest absolute Gasteiger partial charge is 0.356 e. The van der Waals surface area contributed by atoms with Crippen molar-refractivity contribution in [3.05, 3.63) is 0 Å². The van der Waals surface area contributed by atoms with Crippen LogP contribution in [-0.2, 0) is 23.9 Å². The topological polar surface area (TPSA) is 97.0 Å². The van der Waals surface area contributed by atoms with E-state index in [4.69, 9.17) is 9.47 Å². The minimum absolute atomic E-state index is 0.103. The first-order valence-electron chi connectivity index (χ1n) is 17.4. The van der Waals surface area contributed by atoms with Crippen molar-refractivity contribution in [1.29, 1.82) is 0 Å². The number of hydrogen-bond donors (Lipinski definition) is 2. The lowest BCUT2D eigenvalue weighted by Crippen LogP contribution is -2.59. The van der Waals surface area contributed by atoms with Crippen LogP contribution >= 0.6 is 0 Å². The summed E-state index contributed by atoms with van der Waals surface area (Å²) in [6, 6.07) is 0.114. The van der Waals surface area contributed by atoms with Crippen molar-refractivity contribution >= 4 is 17.6 Å². The summed E-state index contributed by atoms with van der Waals surface area (Å²) >= 11 is 0. The lowest BCUT2D eigenvalue weighted by Gasteiger charge is -2.60. The smallest absolute Gasteiger partial charge is 0.229 e. The molecule has 0 aromatic carbocycles. The fourth-order valence-electron chi connectivity index (χ4n) is 11.2. The van der Waals surface area contributed by atoms with Crippen LogP contribution in [-0.4, -0.2) is 74.2 Å². The third kappa shape index (κ3) is 5.39. The number of nitrogens with zero attached hydrogens (tertiary/aromatic N) is 1. The fourth-order valence-corrected chi connectivity index (χ4v) is 11.2. The van der Waals surface area contributed by atoms with E-state index >= 15 is 0 Å². The molecule has 8 heteroatoms. The zero-order chi connectivity index (χ0) is 30.7.